The number of benzene rings is 1. The lowest BCUT2D eigenvalue weighted by molar-refractivity contribution is 0.0276. The zero-order chi connectivity index (χ0) is 20.8. The fraction of sp³-hybridized carbons (Fsp3) is 0.300. The van der Waals surface area contributed by atoms with Gasteiger partial charge in [-0.15, -0.1) is 11.3 Å². The van der Waals surface area contributed by atoms with E-state index < -0.39 is 5.60 Å². The van der Waals surface area contributed by atoms with Crippen LogP contribution >= 0.6 is 22.9 Å². The van der Waals surface area contributed by atoms with E-state index in [1.807, 2.05) is 12.1 Å². The van der Waals surface area contributed by atoms with Crippen LogP contribution in [-0.2, 0) is 6.54 Å². The maximum absolute atomic E-state index is 13.0. The Morgan fingerprint density at radius 3 is 2.69 bits per heavy atom. The predicted octanol–water partition coefficient (Wildman–Crippen LogP) is 3.91. The Kier molecular flexibility index (Phi) is 5.02. The van der Waals surface area contributed by atoms with Crippen molar-refractivity contribution in [1.29, 1.82) is 0 Å². The van der Waals surface area contributed by atoms with Gasteiger partial charge in [0.15, 0.2) is 16.7 Å². The Labute approximate surface area is 177 Å². The minimum atomic E-state index is -0.959. The van der Waals surface area contributed by atoms with E-state index in [9.17, 15) is 9.90 Å². The minimum absolute atomic E-state index is 0.0679. The SMILES string of the molecule is COc1cc(N2Cc3cc(-n4ccc(Cl)n4)sc3C2=O)ccc1OCC(C)(C)O. The number of hydrogen-bond acceptors (Lipinski definition) is 6. The molecule has 0 atom stereocenters. The number of carbonyl (C=O) groups excluding carboxylic acids is 1. The number of aromatic nitrogens is 2. The lowest BCUT2D eigenvalue weighted by atomic mass is 10.2. The van der Waals surface area contributed by atoms with Crippen molar-refractivity contribution < 1.29 is 19.4 Å². The molecular weight excluding hydrogens is 414 g/mol. The molecule has 1 aliphatic heterocycles. The molecule has 0 radical (unpaired) electrons. The zero-order valence-corrected chi connectivity index (χ0v) is 17.8. The van der Waals surface area contributed by atoms with Crippen LogP contribution in [-0.4, -0.2) is 40.1 Å². The maximum Gasteiger partial charge on any atom is 0.269 e. The summed E-state index contributed by atoms with van der Waals surface area (Å²) in [6.07, 6.45) is 1.77. The highest BCUT2D eigenvalue weighted by molar-refractivity contribution is 7.16. The van der Waals surface area contributed by atoms with Crippen LogP contribution in [0, 0.1) is 0 Å². The highest BCUT2D eigenvalue weighted by atomic mass is 35.5. The first-order valence-electron chi connectivity index (χ1n) is 8.94. The Morgan fingerprint density at radius 2 is 2.07 bits per heavy atom. The molecular formula is C20H20ClN3O4S. The molecule has 0 fully saturated rings. The smallest absolute Gasteiger partial charge is 0.269 e. The number of rotatable bonds is 6. The van der Waals surface area contributed by atoms with Gasteiger partial charge in [-0.05, 0) is 43.7 Å². The van der Waals surface area contributed by atoms with Crippen LogP contribution in [0.2, 0.25) is 5.15 Å². The van der Waals surface area contributed by atoms with Gasteiger partial charge in [-0.2, -0.15) is 5.10 Å². The third-order valence-corrected chi connectivity index (χ3v) is 5.74. The Hall–Kier alpha value is -2.55. The standard InChI is InChI=1S/C20H20ClN3O4S/c1-20(2,26)11-28-14-5-4-13(9-15(14)27-3)23-10-12-8-17(29-18(12)19(23)25)24-7-6-16(21)22-24/h4-9,26H,10-11H2,1-3H3. The van der Waals surface area contributed by atoms with Crippen LogP contribution in [0.4, 0.5) is 5.69 Å². The van der Waals surface area contributed by atoms with E-state index in [1.54, 1.807) is 54.9 Å². The first-order valence-corrected chi connectivity index (χ1v) is 10.1. The van der Waals surface area contributed by atoms with Gasteiger partial charge in [-0.3, -0.25) is 4.79 Å². The second-order valence-electron chi connectivity index (χ2n) is 7.35. The minimum Gasteiger partial charge on any atom is -0.493 e. The fourth-order valence-corrected chi connectivity index (χ4v) is 4.22. The molecule has 0 saturated heterocycles. The summed E-state index contributed by atoms with van der Waals surface area (Å²) in [4.78, 5) is 15.3. The van der Waals surface area contributed by atoms with Gasteiger partial charge in [0.1, 0.15) is 11.6 Å². The molecule has 29 heavy (non-hydrogen) atoms. The van der Waals surface area contributed by atoms with Gasteiger partial charge in [0, 0.05) is 18.0 Å². The number of carbonyl (C=O) groups is 1. The molecule has 1 aliphatic rings. The average Bonchev–Trinajstić information content (AvgIpc) is 3.35. The van der Waals surface area contributed by atoms with Crippen molar-refractivity contribution >= 4 is 34.5 Å². The Balaban J connectivity index is 1.55. The number of aliphatic hydroxyl groups is 1. The second-order valence-corrected chi connectivity index (χ2v) is 8.77. The fourth-order valence-electron chi connectivity index (χ4n) is 3.02. The highest BCUT2D eigenvalue weighted by Crippen LogP contribution is 2.38. The van der Waals surface area contributed by atoms with E-state index in [4.69, 9.17) is 21.1 Å². The van der Waals surface area contributed by atoms with E-state index in [0.717, 1.165) is 16.3 Å². The maximum atomic E-state index is 13.0. The number of hydrogen-bond donors (Lipinski definition) is 1. The largest absolute Gasteiger partial charge is 0.493 e. The zero-order valence-electron chi connectivity index (χ0n) is 16.2. The normalized spacial score (nSPS) is 13.7. The van der Waals surface area contributed by atoms with Crippen molar-refractivity contribution in [1.82, 2.24) is 9.78 Å². The number of thiophene rings is 1. The van der Waals surface area contributed by atoms with Gasteiger partial charge in [-0.1, -0.05) is 11.6 Å². The van der Waals surface area contributed by atoms with Gasteiger partial charge >= 0.3 is 0 Å². The summed E-state index contributed by atoms with van der Waals surface area (Å²) in [5, 5.41) is 15.3. The van der Waals surface area contributed by atoms with E-state index in [-0.39, 0.29) is 12.5 Å². The molecule has 0 unspecified atom stereocenters. The molecule has 1 N–H and O–H groups in total. The molecule has 0 spiro atoms. The monoisotopic (exact) mass is 433 g/mol. The van der Waals surface area contributed by atoms with Crippen LogP contribution in [0.5, 0.6) is 11.5 Å². The lowest BCUT2D eigenvalue weighted by Gasteiger charge is -2.21. The molecule has 3 aromatic rings. The number of anilines is 1. The third-order valence-electron chi connectivity index (χ3n) is 4.39. The molecule has 1 amide bonds. The third kappa shape index (κ3) is 3.96. The number of ether oxygens (including phenoxy) is 2. The van der Waals surface area contributed by atoms with Crippen molar-refractivity contribution in [2.24, 2.45) is 0 Å². The number of fused-ring (bicyclic) bond motifs is 1. The summed E-state index contributed by atoms with van der Waals surface area (Å²) >= 11 is 7.27. The van der Waals surface area contributed by atoms with Gasteiger partial charge in [-0.25, -0.2) is 4.68 Å². The summed E-state index contributed by atoms with van der Waals surface area (Å²) < 4.78 is 12.7. The first-order chi connectivity index (χ1) is 13.7. The Morgan fingerprint density at radius 1 is 1.28 bits per heavy atom. The molecule has 0 aliphatic carbocycles. The molecule has 2 aromatic heterocycles. The summed E-state index contributed by atoms with van der Waals surface area (Å²) in [6.45, 7) is 3.93. The molecule has 0 saturated carbocycles. The molecule has 3 heterocycles. The van der Waals surface area contributed by atoms with Crippen molar-refractivity contribution in [3.63, 3.8) is 0 Å². The van der Waals surface area contributed by atoms with Gasteiger partial charge in [0.2, 0.25) is 0 Å². The summed E-state index contributed by atoms with van der Waals surface area (Å²) in [7, 11) is 1.54. The molecule has 7 nitrogen and oxygen atoms in total. The predicted molar refractivity (Wildman–Crippen MR) is 112 cm³/mol. The quantitative estimate of drug-likeness (QED) is 0.637. The van der Waals surface area contributed by atoms with Gasteiger partial charge in [0.05, 0.1) is 24.1 Å². The van der Waals surface area contributed by atoms with E-state index in [1.165, 1.54) is 11.3 Å². The van der Waals surface area contributed by atoms with Gasteiger partial charge < -0.3 is 19.5 Å². The first kappa shape index (κ1) is 19.8. The van der Waals surface area contributed by atoms with Crippen LogP contribution in [0.3, 0.4) is 0 Å². The van der Waals surface area contributed by atoms with Crippen molar-refractivity contribution in [2.75, 3.05) is 18.6 Å². The van der Waals surface area contributed by atoms with Crippen LogP contribution in [0.25, 0.3) is 5.00 Å². The number of methoxy groups -OCH3 is 1. The summed E-state index contributed by atoms with van der Waals surface area (Å²) in [5.74, 6) is 0.945. The van der Waals surface area contributed by atoms with Gasteiger partial charge in [0.25, 0.3) is 5.91 Å². The molecule has 9 heteroatoms. The lowest BCUT2D eigenvalue weighted by Crippen LogP contribution is -2.28. The molecule has 0 bridgehead atoms. The Bertz CT molecular complexity index is 1070. The van der Waals surface area contributed by atoms with E-state index >= 15 is 0 Å². The molecule has 4 rings (SSSR count). The second kappa shape index (κ2) is 7.37. The number of nitrogens with zero attached hydrogens (tertiary/aromatic N) is 3. The summed E-state index contributed by atoms with van der Waals surface area (Å²) in [6, 6.07) is 8.98. The summed E-state index contributed by atoms with van der Waals surface area (Å²) in [5.41, 5.74) is 0.705. The van der Waals surface area contributed by atoms with Crippen LogP contribution < -0.4 is 14.4 Å². The van der Waals surface area contributed by atoms with Crippen LogP contribution in [0.15, 0.2) is 36.5 Å². The van der Waals surface area contributed by atoms with Crippen molar-refractivity contribution in [3.8, 4) is 16.5 Å². The molecule has 152 valence electrons. The average molecular weight is 434 g/mol. The number of amides is 1. The molecule has 1 aromatic carbocycles. The van der Waals surface area contributed by atoms with Crippen LogP contribution in [0.1, 0.15) is 29.1 Å². The number of halogens is 1. The van der Waals surface area contributed by atoms with E-state index in [2.05, 4.69) is 5.10 Å². The van der Waals surface area contributed by atoms with Crippen molar-refractivity contribution in [2.45, 2.75) is 26.0 Å². The van der Waals surface area contributed by atoms with Crippen molar-refractivity contribution in [3.05, 3.63) is 52.1 Å². The van der Waals surface area contributed by atoms with E-state index in [0.29, 0.717) is 28.1 Å². The highest BCUT2D eigenvalue weighted by Gasteiger charge is 2.32. The topological polar surface area (TPSA) is 76.8 Å².